The maximum Gasteiger partial charge on any atom is 0.275 e. The predicted molar refractivity (Wildman–Crippen MR) is 70.8 cm³/mol. The molecule has 4 N–H and O–H groups in total. The number of carbonyl (C=O) groups is 1. The van der Waals surface area contributed by atoms with Crippen molar-refractivity contribution in [2.75, 3.05) is 0 Å². The maximum absolute atomic E-state index is 11.6. The second kappa shape index (κ2) is 3.73. The van der Waals surface area contributed by atoms with Gasteiger partial charge in [-0.05, 0) is 19.1 Å². The number of amides is 1. The van der Waals surface area contributed by atoms with Crippen molar-refractivity contribution in [3.63, 3.8) is 0 Å². The first-order valence-corrected chi connectivity index (χ1v) is 5.59. The van der Waals surface area contributed by atoms with E-state index in [-0.39, 0.29) is 11.7 Å². The molecular weight excluding hydrogens is 228 g/mol. The molecule has 2 heterocycles. The summed E-state index contributed by atoms with van der Waals surface area (Å²) in [5.41, 5.74) is 11.4. The maximum atomic E-state index is 11.6. The number of hydrogen-bond acceptors (Lipinski definition) is 3. The minimum absolute atomic E-state index is 0.227. The number of carbonyl (C=O) groups excluding carboxylic acids is 1. The van der Waals surface area contributed by atoms with Crippen LogP contribution in [0.4, 0.5) is 0 Å². The van der Waals surface area contributed by atoms with Crippen LogP contribution in [0.2, 0.25) is 0 Å². The van der Waals surface area contributed by atoms with Gasteiger partial charge >= 0.3 is 0 Å². The third-order valence-electron chi connectivity index (χ3n) is 3.03. The SMILES string of the molecule is Cc1[nH]c2ccccc2c1C=C1C(=O)NN=C1N. The third kappa shape index (κ3) is 1.48. The largest absolute Gasteiger partial charge is 0.382 e. The Morgan fingerprint density at radius 1 is 1.33 bits per heavy atom. The molecule has 1 aliphatic rings. The second-order valence-electron chi connectivity index (χ2n) is 4.21. The van der Waals surface area contributed by atoms with Gasteiger partial charge in [0.25, 0.3) is 5.91 Å². The molecule has 0 spiro atoms. The number of nitrogens with zero attached hydrogens (tertiary/aromatic N) is 1. The molecule has 1 amide bonds. The first-order valence-electron chi connectivity index (χ1n) is 5.59. The van der Waals surface area contributed by atoms with Gasteiger partial charge in [0.1, 0.15) is 0 Å². The van der Waals surface area contributed by atoms with E-state index in [0.717, 1.165) is 22.2 Å². The molecule has 3 rings (SSSR count). The zero-order chi connectivity index (χ0) is 12.7. The Bertz CT molecular complexity index is 709. The standard InChI is InChI=1S/C13H12N4O/c1-7-9(6-10-12(14)16-17-13(10)18)8-4-2-3-5-11(8)15-7/h2-6,15H,1H3,(H2,14,16)(H,17,18). The minimum Gasteiger partial charge on any atom is -0.382 e. The quantitative estimate of drug-likeness (QED) is 0.656. The van der Waals surface area contributed by atoms with Gasteiger partial charge in [0, 0.05) is 22.2 Å². The molecule has 18 heavy (non-hydrogen) atoms. The molecule has 5 heteroatoms. The number of benzene rings is 1. The number of H-pyrrole nitrogens is 1. The van der Waals surface area contributed by atoms with Gasteiger partial charge in [-0.1, -0.05) is 18.2 Å². The Hall–Kier alpha value is -2.56. The summed E-state index contributed by atoms with van der Waals surface area (Å²) in [4.78, 5) is 14.8. The van der Waals surface area contributed by atoms with Crippen LogP contribution >= 0.6 is 0 Å². The smallest absolute Gasteiger partial charge is 0.275 e. The van der Waals surface area contributed by atoms with Gasteiger partial charge in [0.15, 0.2) is 5.84 Å². The molecule has 1 aromatic carbocycles. The second-order valence-corrected chi connectivity index (χ2v) is 4.21. The highest BCUT2D eigenvalue weighted by Crippen LogP contribution is 2.24. The van der Waals surface area contributed by atoms with Gasteiger partial charge in [0.2, 0.25) is 0 Å². The summed E-state index contributed by atoms with van der Waals surface area (Å²) in [6, 6.07) is 7.93. The summed E-state index contributed by atoms with van der Waals surface area (Å²) >= 11 is 0. The Balaban J connectivity index is 2.21. The number of nitrogens with one attached hydrogen (secondary N) is 2. The Kier molecular flexibility index (Phi) is 2.19. The van der Waals surface area contributed by atoms with Crippen LogP contribution in [0.15, 0.2) is 34.9 Å². The minimum atomic E-state index is -0.266. The van der Waals surface area contributed by atoms with Crippen molar-refractivity contribution in [1.29, 1.82) is 0 Å². The monoisotopic (exact) mass is 240 g/mol. The highest BCUT2D eigenvalue weighted by atomic mass is 16.2. The molecule has 2 aromatic rings. The van der Waals surface area contributed by atoms with Crippen LogP contribution in [0.3, 0.4) is 0 Å². The predicted octanol–water partition coefficient (Wildman–Crippen LogP) is 1.26. The van der Waals surface area contributed by atoms with Gasteiger partial charge in [0.05, 0.1) is 5.57 Å². The van der Waals surface area contributed by atoms with E-state index in [2.05, 4.69) is 15.5 Å². The van der Waals surface area contributed by atoms with Gasteiger partial charge in [-0.2, -0.15) is 5.10 Å². The number of aromatic nitrogens is 1. The van der Waals surface area contributed by atoms with Crippen LogP contribution in [-0.2, 0) is 4.79 Å². The molecule has 1 aromatic heterocycles. The van der Waals surface area contributed by atoms with E-state index in [1.165, 1.54) is 0 Å². The number of hydrazone groups is 1. The molecule has 0 saturated heterocycles. The van der Waals surface area contributed by atoms with Crippen molar-refractivity contribution in [2.24, 2.45) is 10.8 Å². The van der Waals surface area contributed by atoms with Crippen LogP contribution in [0.25, 0.3) is 17.0 Å². The fourth-order valence-electron chi connectivity index (χ4n) is 2.12. The number of aromatic amines is 1. The lowest BCUT2D eigenvalue weighted by Crippen LogP contribution is -2.16. The zero-order valence-corrected chi connectivity index (χ0v) is 9.82. The molecule has 0 aliphatic carbocycles. The van der Waals surface area contributed by atoms with Gasteiger partial charge < -0.3 is 10.7 Å². The molecule has 5 nitrogen and oxygen atoms in total. The first kappa shape index (κ1) is 10.6. The fourth-order valence-corrected chi connectivity index (χ4v) is 2.12. The van der Waals surface area contributed by atoms with Crippen LogP contribution in [0.5, 0.6) is 0 Å². The first-order chi connectivity index (χ1) is 8.66. The fraction of sp³-hybridized carbons (Fsp3) is 0.0769. The summed E-state index contributed by atoms with van der Waals surface area (Å²) in [6.07, 6.45) is 1.77. The molecule has 0 bridgehead atoms. The molecule has 0 fully saturated rings. The lowest BCUT2D eigenvalue weighted by molar-refractivity contribution is -0.116. The molecule has 0 unspecified atom stereocenters. The van der Waals surface area contributed by atoms with Crippen molar-refractivity contribution in [3.05, 3.63) is 41.1 Å². The number of hydrogen-bond donors (Lipinski definition) is 3. The molecule has 90 valence electrons. The van der Waals surface area contributed by atoms with Crippen molar-refractivity contribution in [2.45, 2.75) is 6.92 Å². The summed E-state index contributed by atoms with van der Waals surface area (Å²) in [5, 5.41) is 4.77. The topological polar surface area (TPSA) is 83.3 Å². The summed E-state index contributed by atoms with van der Waals surface area (Å²) in [5.74, 6) is -0.0399. The van der Waals surface area contributed by atoms with E-state index in [9.17, 15) is 4.79 Å². The highest BCUT2D eigenvalue weighted by molar-refractivity contribution is 6.26. The third-order valence-corrected chi connectivity index (χ3v) is 3.03. The lowest BCUT2D eigenvalue weighted by atomic mass is 10.1. The van der Waals surface area contributed by atoms with Crippen LogP contribution < -0.4 is 11.2 Å². The van der Waals surface area contributed by atoms with Gasteiger partial charge in [-0.3, -0.25) is 4.79 Å². The Morgan fingerprint density at radius 2 is 2.11 bits per heavy atom. The molecule has 0 radical (unpaired) electrons. The summed E-state index contributed by atoms with van der Waals surface area (Å²) in [6.45, 7) is 1.96. The van der Waals surface area contributed by atoms with E-state index in [0.29, 0.717) is 5.57 Å². The number of fused-ring (bicyclic) bond motifs is 1. The van der Waals surface area contributed by atoms with E-state index in [1.807, 2.05) is 31.2 Å². The van der Waals surface area contributed by atoms with Crippen LogP contribution in [0, 0.1) is 6.92 Å². The Morgan fingerprint density at radius 3 is 2.83 bits per heavy atom. The van der Waals surface area contributed by atoms with Crippen LogP contribution in [0.1, 0.15) is 11.3 Å². The zero-order valence-electron chi connectivity index (χ0n) is 9.82. The molecular formula is C13H12N4O. The number of amidine groups is 1. The van der Waals surface area contributed by atoms with E-state index < -0.39 is 0 Å². The van der Waals surface area contributed by atoms with Crippen molar-refractivity contribution >= 4 is 28.7 Å². The lowest BCUT2D eigenvalue weighted by Gasteiger charge is -1.97. The van der Waals surface area contributed by atoms with E-state index in [1.54, 1.807) is 6.08 Å². The van der Waals surface area contributed by atoms with Gasteiger partial charge in [-0.15, -0.1) is 0 Å². The van der Waals surface area contributed by atoms with Gasteiger partial charge in [-0.25, -0.2) is 5.43 Å². The normalized spacial score (nSPS) is 17.3. The van der Waals surface area contributed by atoms with Crippen molar-refractivity contribution in [3.8, 4) is 0 Å². The Labute approximate surface area is 103 Å². The number of nitrogens with two attached hydrogens (primary N) is 1. The van der Waals surface area contributed by atoms with E-state index >= 15 is 0 Å². The number of rotatable bonds is 1. The highest BCUT2D eigenvalue weighted by Gasteiger charge is 2.20. The molecule has 0 atom stereocenters. The average molecular weight is 240 g/mol. The number of aryl methyl sites for hydroxylation is 1. The van der Waals surface area contributed by atoms with Crippen molar-refractivity contribution in [1.82, 2.24) is 10.4 Å². The van der Waals surface area contributed by atoms with Crippen LogP contribution in [-0.4, -0.2) is 16.7 Å². The molecule has 1 aliphatic heterocycles. The van der Waals surface area contributed by atoms with E-state index in [4.69, 9.17) is 5.73 Å². The number of para-hydroxylation sites is 1. The van der Waals surface area contributed by atoms with Crippen molar-refractivity contribution < 1.29 is 4.79 Å². The molecule has 0 saturated carbocycles. The summed E-state index contributed by atoms with van der Waals surface area (Å²) < 4.78 is 0. The average Bonchev–Trinajstić information content (AvgIpc) is 2.84. The summed E-state index contributed by atoms with van der Waals surface area (Å²) in [7, 11) is 0.